The Hall–Kier alpha value is -2.23. The molecule has 4 N–H and O–H groups in total. The molecule has 0 saturated carbocycles. The van der Waals surface area contributed by atoms with Crippen LogP contribution in [0, 0.1) is 17.8 Å². The van der Waals surface area contributed by atoms with Crippen molar-refractivity contribution < 1.29 is 34.5 Å². The van der Waals surface area contributed by atoms with Crippen molar-refractivity contribution in [2.45, 2.75) is 98.4 Å². The number of hydrogen-bond donors (Lipinski definition) is 4. The van der Waals surface area contributed by atoms with E-state index in [1.54, 1.807) is 0 Å². The van der Waals surface area contributed by atoms with Gasteiger partial charge in [-0.3, -0.25) is 9.59 Å². The van der Waals surface area contributed by atoms with E-state index in [9.17, 15) is 24.3 Å². The zero-order valence-electron chi connectivity index (χ0n) is 23.9. The zero-order chi connectivity index (χ0) is 29.1. The molecular weight excluding hydrogens is 508 g/mol. The van der Waals surface area contributed by atoms with Gasteiger partial charge in [0.05, 0.1) is 0 Å². The largest absolute Gasteiger partial charge is 0.480 e. The summed E-state index contributed by atoms with van der Waals surface area (Å²) in [5.41, 5.74) is 1.24. The number of carboxylic acid groups (broad SMARTS) is 3. The third kappa shape index (κ3) is 19.8. The van der Waals surface area contributed by atoms with Gasteiger partial charge in [0.2, 0.25) is 0 Å². The van der Waals surface area contributed by atoms with Gasteiger partial charge in [0, 0.05) is 11.5 Å². The van der Waals surface area contributed by atoms with Gasteiger partial charge in [0.1, 0.15) is 19.1 Å². The van der Waals surface area contributed by atoms with Gasteiger partial charge in [0.15, 0.2) is 0 Å². The number of carbonyl (C=O) groups is 4. The summed E-state index contributed by atoms with van der Waals surface area (Å²) < 4.78 is 0. The molecule has 0 heterocycles. The molecule has 0 spiro atoms. The molecule has 0 fully saturated rings. The van der Waals surface area contributed by atoms with Crippen LogP contribution in [-0.4, -0.2) is 74.8 Å². The van der Waals surface area contributed by atoms with E-state index in [1.165, 1.54) is 62.3 Å². The average Bonchev–Trinajstić information content (AvgIpc) is 2.79. The lowest BCUT2D eigenvalue weighted by Gasteiger charge is -2.22. The summed E-state index contributed by atoms with van der Waals surface area (Å²) in [6, 6.07) is -2.30. The highest BCUT2D eigenvalue weighted by Gasteiger charge is 2.25. The second kappa shape index (κ2) is 20.7. The molecule has 0 radical (unpaired) electrons. The maximum absolute atomic E-state index is 12.2. The molecule has 9 nitrogen and oxygen atoms in total. The van der Waals surface area contributed by atoms with Crippen LogP contribution in [0.5, 0.6) is 0 Å². The van der Waals surface area contributed by atoms with Crippen molar-refractivity contribution in [3.8, 4) is 0 Å². The second-order valence-electron chi connectivity index (χ2n) is 10.9. The molecule has 0 saturated heterocycles. The molecule has 0 aromatic rings. The lowest BCUT2D eigenvalue weighted by Crippen LogP contribution is -2.51. The average molecular weight is 559 g/mol. The molecule has 38 heavy (non-hydrogen) atoms. The number of carbonyl (C=O) groups excluding carboxylic acids is 1. The number of allylic oxidation sites excluding steroid dienone is 1. The van der Waals surface area contributed by atoms with E-state index in [0.29, 0.717) is 16.6 Å². The van der Waals surface area contributed by atoms with E-state index in [-0.39, 0.29) is 5.75 Å². The van der Waals surface area contributed by atoms with Crippen LogP contribution in [0.25, 0.3) is 0 Å². The molecule has 3 unspecified atom stereocenters. The van der Waals surface area contributed by atoms with Crippen molar-refractivity contribution in [2.24, 2.45) is 17.8 Å². The number of aliphatic carboxylic acids is 3. The molecule has 0 aliphatic rings. The van der Waals surface area contributed by atoms with Gasteiger partial charge in [-0.25, -0.2) is 9.59 Å². The Bertz CT molecular complexity index is 741. The maximum Gasteiger partial charge on any atom is 0.327 e. The Morgan fingerprint density at radius 3 is 1.79 bits per heavy atom. The van der Waals surface area contributed by atoms with E-state index >= 15 is 0 Å². The molecule has 10 heteroatoms. The van der Waals surface area contributed by atoms with Gasteiger partial charge in [-0.1, -0.05) is 84.3 Å². The number of carboxylic acids is 3. The Morgan fingerprint density at radius 1 is 0.816 bits per heavy atom. The molecular formula is C28H50N2O7S. The van der Waals surface area contributed by atoms with E-state index in [4.69, 9.17) is 10.2 Å². The van der Waals surface area contributed by atoms with Crippen LogP contribution in [-0.2, 0) is 14.4 Å². The van der Waals surface area contributed by atoms with E-state index < -0.39 is 43.1 Å². The number of thioether (sulfide) groups is 1. The summed E-state index contributed by atoms with van der Waals surface area (Å²) in [5, 5.41) is 29.3. The van der Waals surface area contributed by atoms with E-state index in [1.807, 2.05) is 0 Å². The summed E-state index contributed by atoms with van der Waals surface area (Å²) in [6.07, 6.45) is 13.2. The Morgan fingerprint density at radius 2 is 1.32 bits per heavy atom. The normalized spacial score (nSPS) is 14.1. The number of nitrogens with zero attached hydrogens (tertiary/aromatic N) is 1. The Kier molecular flexibility index (Phi) is 19.5. The maximum atomic E-state index is 12.2. The minimum Gasteiger partial charge on any atom is -0.480 e. The summed E-state index contributed by atoms with van der Waals surface area (Å²) in [6.45, 7) is 9.66. The van der Waals surface area contributed by atoms with Crippen LogP contribution >= 0.6 is 11.8 Å². The molecule has 0 rings (SSSR count). The first-order chi connectivity index (χ1) is 17.8. The van der Waals surface area contributed by atoms with Crippen molar-refractivity contribution in [1.29, 1.82) is 0 Å². The third-order valence-corrected chi connectivity index (χ3v) is 7.48. The topological polar surface area (TPSA) is 144 Å². The minimum atomic E-state index is -1.39. The van der Waals surface area contributed by atoms with Gasteiger partial charge in [-0.15, -0.1) is 0 Å². The molecule has 0 aromatic heterocycles. The number of rotatable bonds is 22. The van der Waals surface area contributed by atoms with Crippen molar-refractivity contribution in [2.75, 3.05) is 24.6 Å². The van der Waals surface area contributed by atoms with Crippen LogP contribution in [0.3, 0.4) is 0 Å². The smallest absolute Gasteiger partial charge is 0.327 e. The van der Waals surface area contributed by atoms with E-state index in [2.05, 4.69) is 46.0 Å². The number of amides is 2. The molecule has 0 bridgehead atoms. The molecule has 0 aromatic carbocycles. The first kappa shape index (κ1) is 35.8. The fourth-order valence-corrected chi connectivity index (χ4v) is 5.14. The summed E-state index contributed by atoms with van der Waals surface area (Å²) >= 11 is 1.34. The van der Waals surface area contributed by atoms with Crippen molar-refractivity contribution in [3.63, 3.8) is 0 Å². The molecule has 3 atom stereocenters. The second-order valence-corrected chi connectivity index (χ2v) is 12.0. The first-order valence-corrected chi connectivity index (χ1v) is 14.9. The minimum absolute atomic E-state index is 0.0752. The molecule has 220 valence electrons. The summed E-state index contributed by atoms with van der Waals surface area (Å²) in [4.78, 5) is 46.0. The zero-order valence-corrected chi connectivity index (χ0v) is 24.7. The van der Waals surface area contributed by atoms with Gasteiger partial charge in [0.25, 0.3) is 0 Å². The highest BCUT2D eigenvalue weighted by Crippen LogP contribution is 2.22. The van der Waals surface area contributed by atoms with Crippen molar-refractivity contribution in [1.82, 2.24) is 10.2 Å². The molecule has 0 aliphatic heterocycles. The predicted molar refractivity (Wildman–Crippen MR) is 153 cm³/mol. The van der Waals surface area contributed by atoms with Crippen LogP contribution in [0.15, 0.2) is 11.6 Å². The fraction of sp³-hybridized carbons (Fsp3) is 0.786. The number of nitrogens with one attached hydrogen (secondary N) is 1. The fourth-order valence-electron chi connectivity index (χ4n) is 4.14. The summed E-state index contributed by atoms with van der Waals surface area (Å²) in [5.74, 6) is -1.07. The van der Waals surface area contributed by atoms with Gasteiger partial charge in [-0.05, 0) is 37.5 Å². The van der Waals surface area contributed by atoms with Crippen LogP contribution in [0.2, 0.25) is 0 Å². The lowest BCUT2D eigenvalue weighted by atomic mass is 9.91. The Labute approximate surface area is 232 Å². The Balaban J connectivity index is 4.29. The number of urea groups is 1. The van der Waals surface area contributed by atoms with Crippen LogP contribution in [0.4, 0.5) is 4.79 Å². The summed E-state index contributed by atoms with van der Waals surface area (Å²) in [7, 11) is 0. The lowest BCUT2D eigenvalue weighted by molar-refractivity contribution is -0.140. The molecule has 2 amide bonds. The standard InChI is InChI=1S/C28H50N2O7S/c1-20(2)9-6-10-21(3)11-7-12-22(4)13-8-14-23(5)15-16-38-19-24(27(35)36)29-28(37)30(17-25(31)32)18-26(33)34/h15,20-22,24H,6-14,16-19H2,1-5H3,(H,29,37)(H,31,32)(H,33,34)(H,35,36)/b23-15+. The first-order valence-electron chi connectivity index (χ1n) is 13.8. The quantitative estimate of drug-likeness (QED) is 0.0973. The van der Waals surface area contributed by atoms with Crippen LogP contribution in [0.1, 0.15) is 92.4 Å². The highest BCUT2D eigenvalue weighted by molar-refractivity contribution is 7.99. The van der Waals surface area contributed by atoms with Gasteiger partial charge < -0.3 is 25.5 Å². The van der Waals surface area contributed by atoms with Gasteiger partial charge in [-0.2, -0.15) is 11.8 Å². The van der Waals surface area contributed by atoms with Gasteiger partial charge >= 0.3 is 23.9 Å². The monoisotopic (exact) mass is 558 g/mol. The SMILES string of the molecule is C/C(=C\CSCC(NC(=O)N(CC(=O)O)CC(=O)O)C(=O)O)CCCC(C)CCCC(C)CCCC(C)C. The van der Waals surface area contributed by atoms with Crippen molar-refractivity contribution in [3.05, 3.63) is 11.6 Å². The van der Waals surface area contributed by atoms with E-state index in [0.717, 1.165) is 24.7 Å². The molecule has 0 aliphatic carbocycles. The predicted octanol–water partition coefficient (Wildman–Crippen LogP) is 5.74. The third-order valence-electron chi connectivity index (χ3n) is 6.51. The van der Waals surface area contributed by atoms with Crippen molar-refractivity contribution >= 4 is 35.7 Å². The highest BCUT2D eigenvalue weighted by atomic mass is 32.2. The van der Waals surface area contributed by atoms with Crippen LogP contribution < -0.4 is 5.32 Å². The number of hydrogen-bond acceptors (Lipinski definition) is 5.